The first-order valence-electron chi connectivity index (χ1n) is 7.49. The monoisotopic (exact) mass is 326 g/mol. The first kappa shape index (κ1) is 17.4. The maximum atomic E-state index is 12.1. The smallest absolute Gasteiger partial charge is 0.269 e. The van der Waals surface area contributed by atoms with Crippen LogP contribution in [0.2, 0.25) is 0 Å². The van der Waals surface area contributed by atoms with Crippen LogP contribution < -0.4 is 5.32 Å². The lowest BCUT2D eigenvalue weighted by Crippen LogP contribution is -2.27. The number of carbonyl (C=O) groups excluding carboxylic acids is 1. The number of nitrogens with one attached hydrogen (secondary N) is 1. The zero-order chi connectivity index (χ0) is 17.4. The summed E-state index contributed by atoms with van der Waals surface area (Å²) in [6.45, 7) is -0.0358. The van der Waals surface area contributed by atoms with E-state index in [2.05, 4.69) is 5.32 Å². The molecule has 0 fully saturated rings. The number of hydrogen-bond donors (Lipinski definition) is 2. The van der Waals surface area contributed by atoms with E-state index < -0.39 is 4.92 Å². The van der Waals surface area contributed by atoms with Crippen molar-refractivity contribution >= 4 is 17.7 Å². The van der Waals surface area contributed by atoms with Crippen molar-refractivity contribution in [2.45, 2.75) is 12.5 Å². The van der Waals surface area contributed by atoms with Gasteiger partial charge in [-0.25, -0.2) is 0 Å². The molecule has 2 N–H and O–H groups in total. The molecule has 0 aliphatic carbocycles. The van der Waals surface area contributed by atoms with Gasteiger partial charge in [-0.2, -0.15) is 0 Å². The van der Waals surface area contributed by atoms with Crippen LogP contribution in [0.3, 0.4) is 0 Å². The van der Waals surface area contributed by atoms with Gasteiger partial charge in [0.05, 0.1) is 11.0 Å². The highest BCUT2D eigenvalue weighted by atomic mass is 16.6. The molecule has 0 saturated carbocycles. The summed E-state index contributed by atoms with van der Waals surface area (Å²) in [5.74, 6) is -0.296. The number of carbonyl (C=O) groups is 1. The van der Waals surface area contributed by atoms with E-state index in [0.717, 1.165) is 5.56 Å². The van der Waals surface area contributed by atoms with Crippen molar-refractivity contribution in [1.29, 1.82) is 0 Å². The summed E-state index contributed by atoms with van der Waals surface area (Å²) in [6.07, 6.45) is 3.37. The zero-order valence-electron chi connectivity index (χ0n) is 13.0. The molecule has 2 aromatic carbocycles. The Bertz CT molecular complexity index is 712. The Morgan fingerprint density at radius 2 is 1.83 bits per heavy atom. The van der Waals surface area contributed by atoms with Gasteiger partial charge in [-0.05, 0) is 35.8 Å². The van der Waals surface area contributed by atoms with E-state index in [1.807, 2.05) is 30.3 Å². The molecule has 24 heavy (non-hydrogen) atoms. The fourth-order valence-electron chi connectivity index (χ4n) is 2.24. The molecule has 0 aliphatic rings. The Kier molecular flexibility index (Phi) is 6.22. The Hall–Kier alpha value is -2.99. The van der Waals surface area contributed by atoms with Crippen LogP contribution in [0.1, 0.15) is 23.6 Å². The van der Waals surface area contributed by atoms with Gasteiger partial charge < -0.3 is 10.4 Å². The third-order valence-electron chi connectivity index (χ3n) is 3.47. The number of nitrogens with zero attached hydrogens (tertiary/aromatic N) is 1. The molecule has 0 spiro atoms. The minimum Gasteiger partial charge on any atom is -0.396 e. The number of aliphatic hydroxyl groups excluding tert-OH is 1. The Labute approximate surface area is 139 Å². The fourth-order valence-corrected chi connectivity index (χ4v) is 2.24. The summed E-state index contributed by atoms with van der Waals surface area (Å²) in [4.78, 5) is 22.2. The SMILES string of the molecule is O=C(/C=C/c1ccc([N+](=O)[O-])cc1)NC(CCO)c1ccccc1. The summed E-state index contributed by atoms with van der Waals surface area (Å²) >= 11 is 0. The summed E-state index contributed by atoms with van der Waals surface area (Å²) in [5.41, 5.74) is 1.61. The maximum absolute atomic E-state index is 12.1. The Morgan fingerprint density at radius 3 is 2.42 bits per heavy atom. The van der Waals surface area contributed by atoms with Crippen LogP contribution in [0, 0.1) is 10.1 Å². The van der Waals surface area contributed by atoms with Crippen LogP contribution >= 0.6 is 0 Å². The highest BCUT2D eigenvalue weighted by Gasteiger charge is 2.12. The van der Waals surface area contributed by atoms with E-state index in [1.165, 1.54) is 18.2 Å². The van der Waals surface area contributed by atoms with Crippen molar-refractivity contribution < 1.29 is 14.8 Å². The molecule has 1 atom stereocenters. The highest BCUT2D eigenvalue weighted by molar-refractivity contribution is 5.92. The number of amides is 1. The van der Waals surface area contributed by atoms with Crippen LogP contribution in [-0.2, 0) is 4.79 Å². The lowest BCUT2D eigenvalue weighted by molar-refractivity contribution is -0.384. The molecule has 0 heterocycles. The van der Waals surface area contributed by atoms with Gasteiger partial charge in [-0.1, -0.05) is 30.3 Å². The number of hydrogen-bond acceptors (Lipinski definition) is 4. The first-order valence-corrected chi connectivity index (χ1v) is 7.49. The third kappa shape index (κ3) is 5.03. The molecule has 0 aromatic heterocycles. The molecule has 2 rings (SSSR count). The van der Waals surface area contributed by atoms with Crippen LogP contribution in [0.5, 0.6) is 0 Å². The average Bonchev–Trinajstić information content (AvgIpc) is 2.60. The molecule has 1 amide bonds. The molecule has 0 aliphatic heterocycles. The number of rotatable bonds is 7. The highest BCUT2D eigenvalue weighted by Crippen LogP contribution is 2.16. The molecule has 0 bridgehead atoms. The molecular formula is C18H18N2O4. The second-order valence-corrected chi connectivity index (χ2v) is 5.17. The first-order chi connectivity index (χ1) is 11.6. The van der Waals surface area contributed by atoms with Crippen molar-refractivity contribution in [3.8, 4) is 0 Å². The summed E-state index contributed by atoms with van der Waals surface area (Å²) in [7, 11) is 0. The lowest BCUT2D eigenvalue weighted by atomic mass is 10.0. The maximum Gasteiger partial charge on any atom is 0.269 e. The topological polar surface area (TPSA) is 92.5 Å². The van der Waals surface area contributed by atoms with Crippen molar-refractivity contribution in [3.63, 3.8) is 0 Å². The van der Waals surface area contributed by atoms with Gasteiger partial charge in [0, 0.05) is 24.8 Å². The average molecular weight is 326 g/mol. The standard InChI is InChI=1S/C18H18N2O4/c21-13-12-17(15-4-2-1-3-5-15)19-18(22)11-8-14-6-9-16(10-7-14)20(23)24/h1-11,17,21H,12-13H2,(H,19,22)/b11-8+. The van der Waals surface area contributed by atoms with Crippen molar-refractivity contribution in [2.24, 2.45) is 0 Å². The van der Waals surface area contributed by atoms with Gasteiger partial charge in [0.1, 0.15) is 0 Å². The molecular weight excluding hydrogens is 308 g/mol. The second-order valence-electron chi connectivity index (χ2n) is 5.17. The van der Waals surface area contributed by atoms with Crippen molar-refractivity contribution in [2.75, 3.05) is 6.61 Å². The van der Waals surface area contributed by atoms with E-state index >= 15 is 0 Å². The Morgan fingerprint density at radius 1 is 1.17 bits per heavy atom. The zero-order valence-corrected chi connectivity index (χ0v) is 13.0. The molecule has 0 radical (unpaired) electrons. The molecule has 0 saturated heterocycles. The lowest BCUT2D eigenvalue weighted by Gasteiger charge is -2.17. The Balaban J connectivity index is 2.01. The largest absolute Gasteiger partial charge is 0.396 e. The van der Waals surface area contributed by atoms with Crippen LogP contribution in [-0.4, -0.2) is 22.5 Å². The third-order valence-corrected chi connectivity index (χ3v) is 3.47. The van der Waals surface area contributed by atoms with Gasteiger partial charge in [0.25, 0.3) is 5.69 Å². The quantitative estimate of drug-likeness (QED) is 0.465. The van der Waals surface area contributed by atoms with E-state index in [-0.39, 0.29) is 24.2 Å². The number of non-ortho nitro benzene ring substituents is 1. The van der Waals surface area contributed by atoms with Crippen LogP contribution in [0.4, 0.5) is 5.69 Å². The van der Waals surface area contributed by atoms with Crippen LogP contribution in [0.15, 0.2) is 60.7 Å². The minimum atomic E-state index is -0.473. The summed E-state index contributed by atoms with van der Waals surface area (Å²) in [5, 5.41) is 22.6. The predicted molar refractivity (Wildman–Crippen MR) is 91.2 cm³/mol. The van der Waals surface area contributed by atoms with Gasteiger partial charge in [0.15, 0.2) is 0 Å². The second kappa shape index (κ2) is 8.59. The molecule has 1 unspecified atom stereocenters. The molecule has 124 valence electrons. The van der Waals surface area contributed by atoms with Crippen molar-refractivity contribution in [3.05, 3.63) is 81.9 Å². The van der Waals surface area contributed by atoms with E-state index in [0.29, 0.717) is 12.0 Å². The van der Waals surface area contributed by atoms with Gasteiger partial charge in [0.2, 0.25) is 5.91 Å². The van der Waals surface area contributed by atoms with E-state index in [4.69, 9.17) is 5.11 Å². The fraction of sp³-hybridized carbons (Fsp3) is 0.167. The van der Waals surface area contributed by atoms with E-state index in [9.17, 15) is 14.9 Å². The number of nitro groups is 1. The predicted octanol–water partition coefficient (Wildman–Crippen LogP) is 2.85. The van der Waals surface area contributed by atoms with Gasteiger partial charge in [-0.15, -0.1) is 0 Å². The normalized spacial score (nSPS) is 12.0. The number of benzene rings is 2. The number of nitro benzene ring substituents is 1. The molecule has 2 aromatic rings. The molecule has 6 nitrogen and oxygen atoms in total. The molecule has 6 heteroatoms. The number of aliphatic hydroxyl groups is 1. The summed E-state index contributed by atoms with van der Waals surface area (Å²) in [6, 6.07) is 15.1. The van der Waals surface area contributed by atoms with Gasteiger partial charge in [-0.3, -0.25) is 14.9 Å². The summed E-state index contributed by atoms with van der Waals surface area (Å²) < 4.78 is 0. The van der Waals surface area contributed by atoms with Crippen LogP contribution in [0.25, 0.3) is 6.08 Å². The minimum absolute atomic E-state index is 0.00342. The van der Waals surface area contributed by atoms with Crippen molar-refractivity contribution in [1.82, 2.24) is 5.32 Å². The van der Waals surface area contributed by atoms with Gasteiger partial charge >= 0.3 is 0 Å². The van der Waals surface area contributed by atoms with E-state index in [1.54, 1.807) is 18.2 Å².